The summed E-state index contributed by atoms with van der Waals surface area (Å²) in [5.74, 6) is -6.88. The van der Waals surface area contributed by atoms with Crippen molar-refractivity contribution in [2.24, 2.45) is 5.73 Å². The molecule has 27 heavy (non-hydrogen) atoms. The van der Waals surface area contributed by atoms with E-state index in [4.69, 9.17) is 5.73 Å². The van der Waals surface area contributed by atoms with E-state index >= 15 is 0 Å². The minimum atomic E-state index is -5.84. The second kappa shape index (κ2) is 7.03. The molecule has 1 aliphatic heterocycles. The van der Waals surface area contributed by atoms with Gasteiger partial charge in [-0.2, -0.15) is 26.3 Å². The first kappa shape index (κ1) is 21.0. The maximum atomic E-state index is 13.3. The molecule has 1 fully saturated rings. The standard InChI is InChI=1S/C14H14F5N3O4S/c15-13(16,14(17,18)19)8-1-3-9(4-2-8)27(25,26)22-6-5-21-12(24)10(22)7-11(20)23/h1-4,10H,5-7H2,(H2,20,23)(H,21,24). The number of amides is 2. The first-order valence-electron chi connectivity index (χ1n) is 7.41. The van der Waals surface area contributed by atoms with Crippen LogP contribution < -0.4 is 11.1 Å². The zero-order chi connectivity index (χ0) is 20.6. The highest BCUT2D eigenvalue weighted by atomic mass is 32.2. The fourth-order valence-corrected chi connectivity index (χ4v) is 4.09. The number of benzene rings is 1. The second-order valence-corrected chi connectivity index (χ2v) is 7.58. The SMILES string of the molecule is NC(=O)CC1C(=O)NCCN1S(=O)(=O)c1ccc(C(F)(F)C(F)(F)F)cc1. The van der Waals surface area contributed by atoms with E-state index in [0.29, 0.717) is 28.6 Å². The maximum absolute atomic E-state index is 13.3. The van der Waals surface area contributed by atoms with Crippen LogP contribution in [0.3, 0.4) is 0 Å². The third-order valence-electron chi connectivity index (χ3n) is 3.86. The lowest BCUT2D eigenvalue weighted by Crippen LogP contribution is -2.58. The molecule has 0 aliphatic carbocycles. The van der Waals surface area contributed by atoms with Gasteiger partial charge in [0.2, 0.25) is 21.8 Å². The van der Waals surface area contributed by atoms with E-state index in [9.17, 15) is 40.0 Å². The van der Waals surface area contributed by atoms with Crippen LogP contribution in [0, 0.1) is 0 Å². The molecular weight excluding hydrogens is 401 g/mol. The van der Waals surface area contributed by atoms with Crippen LogP contribution in [0.2, 0.25) is 0 Å². The van der Waals surface area contributed by atoms with Crippen LogP contribution in [0.4, 0.5) is 22.0 Å². The zero-order valence-electron chi connectivity index (χ0n) is 13.5. The Morgan fingerprint density at radius 3 is 2.22 bits per heavy atom. The molecule has 3 N–H and O–H groups in total. The summed E-state index contributed by atoms with van der Waals surface area (Å²) in [5, 5.41) is 2.36. The number of carbonyl (C=O) groups excluding carboxylic acids is 2. The number of hydrogen-bond acceptors (Lipinski definition) is 4. The minimum Gasteiger partial charge on any atom is -0.370 e. The van der Waals surface area contributed by atoms with Gasteiger partial charge in [-0.1, -0.05) is 12.1 Å². The third-order valence-corrected chi connectivity index (χ3v) is 5.78. The lowest BCUT2D eigenvalue weighted by atomic mass is 10.1. The lowest BCUT2D eigenvalue weighted by molar-refractivity contribution is -0.289. The molecule has 1 aromatic rings. The number of nitrogens with one attached hydrogen (secondary N) is 1. The van der Waals surface area contributed by atoms with Crippen molar-refractivity contribution in [1.82, 2.24) is 9.62 Å². The van der Waals surface area contributed by atoms with E-state index in [1.54, 1.807) is 0 Å². The Balaban J connectivity index is 2.38. The van der Waals surface area contributed by atoms with Crippen molar-refractivity contribution in [3.05, 3.63) is 29.8 Å². The molecule has 0 aromatic heterocycles. The van der Waals surface area contributed by atoms with Crippen LogP contribution in [0.25, 0.3) is 0 Å². The summed E-state index contributed by atoms with van der Waals surface area (Å²) in [6.07, 6.45) is -6.46. The number of carbonyl (C=O) groups is 2. The quantitative estimate of drug-likeness (QED) is 0.690. The van der Waals surface area contributed by atoms with E-state index in [2.05, 4.69) is 5.32 Å². The van der Waals surface area contributed by atoms with Gasteiger partial charge in [0.05, 0.1) is 11.3 Å². The number of rotatable bonds is 5. The Morgan fingerprint density at radius 2 is 1.74 bits per heavy atom. The second-order valence-electron chi connectivity index (χ2n) is 5.69. The summed E-state index contributed by atoms with van der Waals surface area (Å²) >= 11 is 0. The average Bonchev–Trinajstić information content (AvgIpc) is 2.55. The summed E-state index contributed by atoms with van der Waals surface area (Å²) in [5.41, 5.74) is 3.58. The van der Waals surface area contributed by atoms with Crippen molar-refractivity contribution in [3.63, 3.8) is 0 Å². The van der Waals surface area contributed by atoms with Gasteiger partial charge in [-0.05, 0) is 12.1 Å². The van der Waals surface area contributed by atoms with Crippen molar-refractivity contribution < 1.29 is 40.0 Å². The van der Waals surface area contributed by atoms with Crippen molar-refractivity contribution in [2.45, 2.75) is 29.5 Å². The predicted octanol–water partition coefficient (Wildman–Crippen LogP) is 0.705. The molecule has 1 atom stereocenters. The summed E-state index contributed by atoms with van der Waals surface area (Å²) < 4.78 is 89.8. The largest absolute Gasteiger partial charge is 0.458 e. The molecule has 13 heteroatoms. The number of primary amides is 1. The number of sulfonamides is 1. The summed E-state index contributed by atoms with van der Waals surface area (Å²) in [6.45, 7) is -0.302. The molecule has 7 nitrogen and oxygen atoms in total. The van der Waals surface area contributed by atoms with Crippen molar-refractivity contribution in [3.8, 4) is 0 Å². The van der Waals surface area contributed by atoms with Crippen LogP contribution >= 0.6 is 0 Å². The molecule has 150 valence electrons. The van der Waals surface area contributed by atoms with Gasteiger partial charge in [-0.3, -0.25) is 9.59 Å². The first-order valence-corrected chi connectivity index (χ1v) is 8.85. The molecule has 1 unspecified atom stereocenters. The zero-order valence-corrected chi connectivity index (χ0v) is 14.3. The van der Waals surface area contributed by atoms with Gasteiger partial charge in [0.1, 0.15) is 6.04 Å². The molecule has 0 radical (unpaired) electrons. The Bertz CT molecular complexity index is 839. The highest BCUT2D eigenvalue weighted by molar-refractivity contribution is 7.89. The number of hydrogen-bond donors (Lipinski definition) is 2. The predicted molar refractivity (Wildman–Crippen MR) is 80.9 cm³/mol. The average molecular weight is 415 g/mol. The number of nitrogens with two attached hydrogens (primary N) is 1. The molecule has 1 aromatic carbocycles. The molecule has 0 saturated carbocycles. The molecule has 1 saturated heterocycles. The van der Waals surface area contributed by atoms with Crippen LogP contribution in [0.5, 0.6) is 0 Å². The number of nitrogens with zero attached hydrogens (tertiary/aromatic N) is 1. The van der Waals surface area contributed by atoms with Gasteiger partial charge >= 0.3 is 12.1 Å². The normalized spacial score (nSPS) is 19.6. The van der Waals surface area contributed by atoms with Crippen LogP contribution in [0.1, 0.15) is 12.0 Å². The van der Waals surface area contributed by atoms with Crippen LogP contribution in [-0.4, -0.2) is 49.8 Å². The Morgan fingerprint density at radius 1 is 1.19 bits per heavy atom. The maximum Gasteiger partial charge on any atom is 0.458 e. The van der Waals surface area contributed by atoms with Gasteiger partial charge in [0.15, 0.2) is 0 Å². The monoisotopic (exact) mass is 415 g/mol. The highest BCUT2D eigenvalue weighted by Crippen LogP contribution is 2.44. The Kier molecular flexibility index (Phi) is 5.48. The number of piperazine rings is 1. The van der Waals surface area contributed by atoms with Gasteiger partial charge in [-0.15, -0.1) is 0 Å². The fourth-order valence-electron chi connectivity index (χ4n) is 2.50. The molecule has 2 rings (SSSR count). The van der Waals surface area contributed by atoms with Crippen LogP contribution in [0.15, 0.2) is 29.2 Å². The lowest BCUT2D eigenvalue weighted by Gasteiger charge is -2.33. The summed E-state index contributed by atoms with van der Waals surface area (Å²) in [4.78, 5) is 22.4. The Hall–Kier alpha value is -2.28. The summed E-state index contributed by atoms with van der Waals surface area (Å²) in [7, 11) is -4.45. The number of alkyl halides is 5. The van der Waals surface area contributed by atoms with Crippen molar-refractivity contribution in [2.75, 3.05) is 13.1 Å². The molecular formula is C14H14F5N3O4S. The van der Waals surface area contributed by atoms with E-state index in [1.165, 1.54) is 0 Å². The molecule has 1 aliphatic rings. The van der Waals surface area contributed by atoms with E-state index < -0.39 is 56.9 Å². The summed E-state index contributed by atoms with van der Waals surface area (Å²) in [6, 6.07) is 0.398. The highest BCUT2D eigenvalue weighted by Gasteiger charge is 2.58. The molecule has 1 heterocycles. The van der Waals surface area contributed by atoms with Crippen molar-refractivity contribution >= 4 is 21.8 Å². The Labute approximate surface area is 150 Å². The van der Waals surface area contributed by atoms with Gasteiger partial charge in [0, 0.05) is 18.7 Å². The van der Waals surface area contributed by atoms with E-state index in [1.807, 2.05) is 0 Å². The fraction of sp³-hybridized carbons (Fsp3) is 0.429. The van der Waals surface area contributed by atoms with Gasteiger partial charge in [0.25, 0.3) is 0 Å². The number of halogens is 5. The first-order chi connectivity index (χ1) is 12.3. The van der Waals surface area contributed by atoms with Crippen molar-refractivity contribution in [1.29, 1.82) is 0 Å². The minimum absolute atomic E-state index is 0.0719. The topological polar surface area (TPSA) is 110 Å². The smallest absolute Gasteiger partial charge is 0.370 e. The van der Waals surface area contributed by atoms with Gasteiger partial charge in [-0.25, -0.2) is 8.42 Å². The van der Waals surface area contributed by atoms with Crippen LogP contribution in [-0.2, 0) is 25.5 Å². The van der Waals surface area contributed by atoms with E-state index in [-0.39, 0.29) is 13.1 Å². The van der Waals surface area contributed by atoms with E-state index in [0.717, 1.165) is 0 Å². The molecule has 0 bridgehead atoms. The molecule has 0 spiro atoms. The molecule has 2 amide bonds. The third kappa shape index (κ3) is 4.03. The van der Waals surface area contributed by atoms with Gasteiger partial charge < -0.3 is 11.1 Å².